The average molecular weight is 286 g/mol. The van der Waals surface area contributed by atoms with Crippen LogP contribution in [-0.2, 0) is 25.9 Å². The van der Waals surface area contributed by atoms with E-state index in [1.807, 2.05) is 4.68 Å². The van der Waals surface area contributed by atoms with Gasteiger partial charge in [0.25, 0.3) is 0 Å². The van der Waals surface area contributed by atoms with Crippen molar-refractivity contribution in [3.05, 3.63) is 35.2 Å². The van der Waals surface area contributed by atoms with Crippen LogP contribution >= 0.6 is 0 Å². The fraction of sp³-hybridized carbons (Fsp3) is 0.357. The Morgan fingerprint density at radius 3 is 3.10 bits per heavy atom. The van der Waals surface area contributed by atoms with E-state index in [0.29, 0.717) is 32.5 Å². The molecule has 4 rings (SSSR count). The quantitative estimate of drug-likeness (QED) is 0.745. The molecule has 0 aromatic carbocycles. The zero-order valence-electron chi connectivity index (χ0n) is 11.4. The Morgan fingerprint density at radius 1 is 1.43 bits per heavy atom. The lowest BCUT2D eigenvalue weighted by Gasteiger charge is -2.23. The van der Waals surface area contributed by atoms with E-state index >= 15 is 0 Å². The number of carboxylic acid groups (broad SMARTS) is 1. The third kappa shape index (κ3) is 1.77. The highest BCUT2D eigenvalue weighted by atomic mass is 16.5. The summed E-state index contributed by atoms with van der Waals surface area (Å²) < 4.78 is 6.98. The number of fused-ring (bicyclic) bond motifs is 5. The van der Waals surface area contributed by atoms with E-state index in [0.717, 1.165) is 33.8 Å². The van der Waals surface area contributed by atoms with Crippen molar-refractivity contribution >= 4 is 6.09 Å². The molecule has 0 bridgehead atoms. The fourth-order valence-electron chi connectivity index (χ4n) is 3.08. The highest BCUT2D eigenvalue weighted by Crippen LogP contribution is 2.35. The van der Waals surface area contributed by atoms with Crippen molar-refractivity contribution in [2.45, 2.75) is 25.9 Å². The van der Waals surface area contributed by atoms with Crippen molar-refractivity contribution in [1.82, 2.24) is 19.8 Å². The molecule has 0 saturated heterocycles. The molecule has 2 aliphatic rings. The lowest BCUT2D eigenvalue weighted by molar-refractivity contribution is 0.140. The van der Waals surface area contributed by atoms with Crippen LogP contribution in [0.25, 0.3) is 11.4 Å². The highest BCUT2D eigenvalue weighted by Gasteiger charge is 2.31. The standard InChI is InChI=1S/C14H14N4O3/c1-8-4-9-7-21-16-12(9)13-10-6-17(14(19)20)3-2-11(10)15-18(13)5-8/h7H,1-6H2,(H,19,20). The molecule has 2 aliphatic heterocycles. The first-order chi connectivity index (χ1) is 10.1. The smallest absolute Gasteiger partial charge is 0.407 e. The highest BCUT2D eigenvalue weighted by molar-refractivity contribution is 5.69. The molecule has 0 radical (unpaired) electrons. The van der Waals surface area contributed by atoms with Gasteiger partial charge in [0, 0.05) is 30.5 Å². The summed E-state index contributed by atoms with van der Waals surface area (Å²) in [5.41, 5.74) is 5.54. The Kier molecular flexibility index (Phi) is 2.44. The Labute approximate surface area is 120 Å². The van der Waals surface area contributed by atoms with Crippen LogP contribution in [0.1, 0.15) is 16.8 Å². The predicted octanol–water partition coefficient (Wildman–Crippen LogP) is 1.69. The number of amides is 1. The molecule has 2 aromatic heterocycles. The van der Waals surface area contributed by atoms with Crippen molar-refractivity contribution < 1.29 is 14.4 Å². The first-order valence-corrected chi connectivity index (χ1v) is 6.80. The van der Waals surface area contributed by atoms with Gasteiger partial charge in [-0.25, -0.2) is 4.79 Å². The molecule has 2 aromatic rings. The molecule has 0 fully saturated rings. The summed E-state index contributed by atoms with van der Waals surface area (Å²) in [4.78, 5) is 12.6. The third-order valence-electron chi connectivity index (χ3n) is 4.05. The largest absolute Gasteiger partial charge is 0.465 e. The average Bonchev–Trinajstić information content (AvgIpc) is 2.98. The number of hydrogen-bond acceptors (Lipinski definition) is 4. The van der Waals surface area contributed by atoms with Gasteiger partial charge < -0.3 is 14.5 Å². The molecule has 0 aliphatic carbocycles. The van der Waals surface area contributed by atoms with Gasteiger partial charge in [-0.15, -0.1) is 0 Å². The van der Waals surface area contributed by atoms with Crippen molar-refractivity contribution in [3.63, 3.8) is 0 Å². The van der Waals surface area contributed by atoms with Gasteiger partial charge in [0.2, 0.25) is 0 Å². The zero-order chi connectivity index (χ0) is 14.6. The van der Waals surface area contributed by atoms with Crippen LogP contribution < -0.4 is 0 Å². The van der Waals surface area contributed by atoms with Gasteiger partial charge in [-0.2, -0.15) is 5.10 Å². The number of carbonyl (C=O) groups is 1. The maximum atomic E-state index is 11.2. The van der Waals surface area contributed by atoms with Crippen LogP contribution in [0.3, 0.4) is 0 Å². The van der Waals surface area contributed by atoms with Gasteiger partial charge in [-0.1, -0.05) is 17.3 Å². The molecule has 108 valence electrons. The monoisotopic (exact) mass is 286 g/mol. The Balaban J connectivity index is 1.89. The summed E-state index contributed by atoms with van der Waals surface area (Å²) in [5.74, 6) is 0. The molecular weight excluding hydrogens is 272 g/mol. The maximum absolute atomic E-state index is 11.2. The lowest BCUT2D eigenvalue weighted by atomic mass is 10.0. The van der Waals surface area contributed by atoms with Crippen LogP contribution in [0.4, 0.5) is 4.79 Å². The van der Waals surface area contributed by atoms with E-state index < -0.39 is 6.09 Å². The van der Waals surface area contributed by atoms with Gasteiger partial charge in [-0.3, -0.25) is 4.68 Å². The Morgan fingerprint density at radius 2 is 2.29 bits per heavy atom. The van der Waals surface area contributed by atoms with Crippen LogP contribution in [0.2, 0.25) is 0 Å². The molecule has 7 nitrogen and oxygen atoms in total. The van der Waals surface area contributed by atoms with Crippen LogP contribution in [0.15, 0.2) is 22.9 Å². The molecule has 1 N–H and O–H groups in total. The molecule has 0 unspecified atom stereocenters. The van der Waals surface area contributed by atoms with E-state index in [9.17, 15) is 9.90 Å². The zero-order valence-corrected chi connectivity index (χ0v) is 11.4. The third-order valence-corrected chi connectivity index (χ3v) is 4.05. The summed E-state index contributed by atoms with van der Waals surface area (Å²) in [6, 6.07) is 0. The van der Waals surface area contributed by atoms with Crippen molar-refractivity contribution in [3.8, 4) is 11.4 Å². The predicted molar refractivity (Wildman–Crippen MR) is 72.7 cm³/mol. The minimum absolute atomic E-state index is 0.346. The number of aromatic nitrogens is 3. The van der Waals surface area contributed by atoms with E-state index in [-0.39, 0.29) is 0 Å². The first-order valence-electron chi connectivity index (χ1n) is 6.80. The van der Waals surface area contributed by atoms with Gasteiger partial charge >= 0.3 is 6.09 Å². The summed E-state index contributed by atoms with van der Waals surface area (Å²) in [5, 5.41) is 17.9. The van der Waals surface area contributed by atoms with Crippen LogP contribution in [0.5, 0.6) is 0 Å². The first kappa shape index (κ1) is 12.2. The van der Waals surface area contributed by atoms with E-state index in [4.69, 9.17) is 4.52 Å². The molecule has 0 saturated carbocycles. The summed E-state index contributed by atoms with van der Waals surface area (Å²) in [7, 11) is 0. The Bertz CT molecular complexity index is 758. The fourth-order valence-corrected chi connectivity index (χ4v) is 3.08. The topological polar surface area (TPSA) is 84.4 Å². The van der Waals surface area contributed by atoms with Gasteiger partial charge in [-0.05, 0) is 0 Å². The number of allylic oxidation sites excluding steroid dienone is 1. The Hall–Kier alpha value is -2.57. The SMILES string of the molecule is C=C1Cc2conc2-c2c3c(nn2C1)CCN(C(=O)O)C3. The molecule has 1 amide bonds. The van der Waals surface area contributed by atoms with Crippen LogP contribution in [-0.4, -0.2) is 37.6 Å². The van der Waals surface area contributed by atoms with Crippen molar-refractivity contribution in [2.75, 3.05) is 6.54 Å². The second kappa shape index (κ2) is 4.21. The van der Waals surface area contributed by atoms with Crippen molar-refractivity contribution in [2.24, 2.45) is 0 Å². The number of hydrogen-bond donors (Lipinski definition) is 1. The second-order valence-corrected chi connectivity index (χ2v) is 5.50. The molecule has 21 heavy (non-hydrogen) atoms. The van der Waals surface area contributed by atoms with E-state index in [1.165, 1.54) is 4.90 Å². The summed E-state index contributed by atoms with van der Waals surface area (Å²) in [6.45, 7) is 5.52. The van der Waals surface area contributed by atoms with Gasteiger partial charge in [0.05, 0.1) is 24.5 Å². The molecule has 0 atom stereocenters. The lowest BCUT2D eigenvalue weighted by Crippen LogP contribution is -2.34. The molecule has 4 heterocycles. The van der Waals surface area contributed by atoms with Crippen molar-refractivity contribution in [1.29, 1.82) is 0 Å². The van der Waals surface area contributed by atoms with Gasteiger partial charge in [0.15, 0.2) is 0 Å². The molecule has 0 spiro atoms. The molecular formula is C14H14N4O3. The van der Waals surface area contributed by atoms with E-state index in [2.05, 4.69) is 16.8 Å². The van der Waals surface area contributed by atoms with Gasteiger partial charge in [0.1, 0.15) is 12.0 Å². The second-order valence-electron chi connectivity index (χ2n) is 5.50. The summed E-state index contributed by atoms with van der Waals surface area (Å²) >= 11 is 0. The minimum atomic E-state index is -0.904. The summed E-state index contributed by atoms with van der Waals surface area (Å²) in [6.07, 6.45) is 2.06. The minimum Gasteiger partial charge on any atom is -0.465 e. The maximum Gasteiger partial charge on any atom is 0.407 e. The molecule has 7 heteroatoms. The van der Waals surface area contributed by atoms with E-state index in [1.54, 1.807) is 6.26 Å². The number of rotatable bonds is 0. The van der Waals surface area contributed by atoms with Crippen LogP contribution in [0, 0.1) is 0 Å². The number of nitrogens with zero attached hydrogens (tertiary/aromatic N) is 4. The normalized spacial score (nSPS) is 17.0.